The van der Waals surface area contributed by atoms with Gasteiger partial charge in [0.25, 0.3) is 5.91 Å². The van der Waals surface area contributed by atoms with E-state index in [1.165, 1.54) is 18.3 Å². The number of nitriles is 1. The van der Waals surface area contributed by atoms with Gasteiger partial charge in [-0.2, -0.15) is 10.4 Å². The van der Waals surface area contributed by atoms with Crippen molar-refractivity contribution in [3.8, 4) is 11.8 Å². The van der Waals surface area contributed by atoms with E-state index >= 15 is 0 Å². The maximum absolute atomic E-state index is 13.9. The number of amides is 1. The van der Waals surface area contributed by atoms with Gasteiger partial charge in [0, 0.05) is 10.9 Å². The molecular weight excluding hydrogens is 333 g/mol. The normalized spacial score (nSPS) is 10.7. The Hall–Kier alpha value is -3.72. The quantitative estimate of drug-likeness (QED) is 0.578. The summed E-state index contributed by atoms with van der Waals surface area (Å²) >= 11 is 0. The summed E-state index contributed by atoms with van der Waals surface area (Å²) in [4.78, 5) is 12.1. The topological polar surface area (TPSA) is 74.5 Å². The second kappa shape index (κ2) is 7.45. The van der Waals surface area contributed by atoms with Crippen molar-refractivity contribution in [1.82, 2.24) is 5.43 Å². The Balaban J connectivity index is 1.82. The molecule has 1 amide bonds. The summed E-state index contributed by atoms with van der Waals surface area (Å²) in [5, 5.41) is 14.5. The molecule has 128 valence electrons. The van der Waals surface area contributed by atoms with Crippen LogP contribution in [0.4, 0.5) is 4.39 Å². The minimum atomic E-state index is -0.772. The highest BCUT2D eigenvalue weighted by atomic mass is 19.1. The predicted octanol–water partition coefficient (Wildman–Crippen LogP) is 3.62. The number of carbonyl (C=O) groups is 1. The van der Waals surface area contributed by atoms with E-state index in [9.17, 15) is 9.18 Å². The number of rotatable bonds is 4. The molecule has 0 aromatic heterocycles. The molecule has 3 aromatic carbocycles. The molecule has 26 heavy (non-hydrogen) atoms. The summed E-state index contributed by atoms with van der Waals surface area (Å²) in [6.07, 6.45) is 1.49. The zero-order chi connectivity index (χ0) is 18.5. The Labute approximate surface area is 149 Å². The highest BCUT2D eigenvalue weighted by Gasteiger charge is 2.11. The van der Waals surface area contributed by atoms with Gasteiger partial charge in [-0.15, -0.1) is 0 Å². The number of benzene rings is 3. The van der Waals surface area contributed by atoms with E-state index in [2.05, 4.69) is 10.5 Å². The second-order valence-electron chi connectivity index (χ2n) is 5.41. The number of fused-ring (bicyclic) bond motifs is 1. The first-order chi connectivity index (χ1) is 12.6. The monoisotopic (exact) mass is 347 g/mol. The Morgan fingerprint density at radius 1 is 1.19 bits per heavy atom. The fraction of sp³-hybridized carbons (Fsp3) is 0.0500. The van der Waals surface area contributed by atoms with Crippen LogP contribution in [0.5, 0.6) is 5.75 Å². The van der Waals surface area contributed by atoms with Crippen molar-refractivity contribution in [2.45, 2.75) is 0 Å². The van der Waals surface area contributed by atoms with Crippen molar-refractivity contribution >= 4 is 22.9 Å². The largest absolute Gasteiger partial charge is 0.496 e. The van der Waals surface area contributed by atoms with E-state index in [4.69, 9.17) is 10.00 Å². The van der Waals surface area contributed by atoms with Gasteiger partial charge < -0.3 is 4.74 Å². The average Bonchev–Trinajstić information content (AvgIpc) is 2.67. The smallest absolute Gasteiger partial charge is 0.274 e. The number of nitrogens with zero attached hydrogens (tertiary/aromatic N) is 2. The van der Waals surface area contributed by atoms with Crippen LogP contribution in [0.25, 0.3) is 10.8 Å². The number of hydrazone groups is 1. The standard InChI is InChI=1S/C20H14FN3O2/c1-26-19-9-7-14(15-4-2-3-5-16(15)19)12-23-24-20(25)17-8-6-13(11-22)10-18(17)21/h2-10,12H,1H3,(H,24,25)/b23-12-. The molecule has 0 heterocycles. The third-order valence-corrected chi connectivity index (χ3v) is 3.85. The van der Waals surface area contributed by atoms with Gasteiger partial charge in [-0.05, 0) is 35.7 Å². The molecule has 1 N–H and O–H groups in total. The maximum atomic E-state index is 13.9. The zero-order valence-corrected chi connectivity index (χ0v) is 13.9. The molecule has 0 spiro atoms. The predicted molar refractivity (Wildman–Crippen MR) is 96.7 cm³/mol. The first-order valence-corrected chi connectivity index (χ1v) is 7.73. The van der Waals surface area contributed by atoms with Crippen LogP contribution in [0.2, 0.25) is 0 Å². The molecule has 0 bridgehead atoms. The summed E-state index contributed by atoms with van der Waals surface area (Å²) in [5.41, 5.74) is 3.04. The Kier molecular flexibility index (Phi) is 4.90. The third kappa shape index (κ3) is 3.37. The molecule has 3 rings (SSSR count). The molecule has 0 saturated carbocycles. The van der Waals surface area contributed by atoms with Crippen LogP contribution in [0.3, 0.4) is 0 Å². The summed E-state index contributed by atoms with van der Waals surface area (Å²) in [7, 11) is 1.60. The van der Waals surface area contributed by atoms with Crippen molar-refractivity contribution in [2.24, 2.45) is 5.10 Å². The summed E-state index contributed by atoms with van der Waals surface area (Å²) < 4.78 is 19.2. The third-order valence-electron chi connectivity index (χ3n) is 3.85. The number of methoxy groups -OCH3 is 1. The lowest BCUT2D eigenvalue weighted by atomic mass is 10.0. The molecule has 3 aromatic rings. The average molecular weight is 347 g/mol. The van der Waals surface area contributed by atoms with Gasteiger partial charge in [-0.3, -0.25) is 4.79 Å². The van der Waals surface area contributed by atoms with Crippen molar-refractivity contribution in [3.63, 3.8) is 0 Å². The number of hydrogen-bond acceptors (Lipinski definition) is 4. The highest BCUT2D eigenvalue weighted by molar-refractivity contribution is 6.03. The molecule has 0 aliphatic carbocycles. The van der Waals surface area contributed by atoms with Gasteiger partial charge in [0.2, 0.25) is 0 Å². The van der Waals surface area contributed by atoms with Crippen LogP contribution >= 0.6 is 0 Å². The minimum absolute atomic E-state index is 0.146. The molecule has 5 nitrogen and oxygen atoms in total. The number of ether oxygens (including phenoxy) is 1. The van der Waals surface area contributed by atoms with Gasteiger partial charge >= 0.3 is 0 Å². The van der Waals surface area contributed by atoms with Crippen molar-refractivity contribution < 1.29 is 13.9 Å². The van der Waals surface area contributed by atoms with E-state index < -0.39 is 11.7 Å². The van der Waals surface area contributed by atoms with Gasteiger partial charge in [0.05, 0.1) is 30.5 Å². The maximum Gasteiger partial charge on any atom is 0.274 e. The Morgan fingerprint density at radius 3 is 2.65 bits per heavy atom. The SMILES string of the molecule is COc1ccc(/C=N\NC(=O)c2ccc(C#N)cc2F)c2ccccc12. The summed E-state index contributed by atoms with van der Waals surface area (Å²) in [6, 6.07) is 16.7. The van der Waals surface area contributed by atoms with Crippen LogP contribution < -0.4 is 10.2 Å². The molecule has 0 aliphatic rings. The first-order valence-electron chi connectivity index (χ1n) is 7.73. The zero-order valence-electron chi connectivity index (χ0n) is 13.9. The Bertz CT molecular complexity index is 1050. The molecule has 0 saturated heterocycles. The summed E-state index contributed by atoms with van der Waals surface area (Å²) in [6.45, 7) is 0. The van der Waals surface area contributed by atoms with Crippen LogP contribution in [0.1, 0.15) is 21.5 Å². The molecule has 0 radical (unpaired) electrons. The van der Waals surface area contributed by atoms with Crippen LogP contribution in [-0.2, 0) is 0 Å². The number of nitrogens with one attached hydrogen (secondary N) is 1. The molecule has 0 fully saturated rings. The van der Waals surface area contributed by atoms with Crippen molar-refractivity contribution in [3.05, 3.63) is 77.1 Å². The van der Waals surface area contributed by atoms with Gasteiger partial charge in [-0.25, -0.2) is 9.82 Å². The van der Waals surface area contributed by atoms with Gasteiger partial charge in [-0.1, -0.05) is 24.3 Å². The van der Waals surface area contributed by atoms with Crippen LogP contribution in [-0.4, -0.2) is 19.2 Å². The fourth-order valence-electron chi connectivity index (χ4n) is 2.57. The minimum Gasteiger partial charge on any atom is -0.496 e. The second-order valence-corrected chi connectivity index (χ2v) is 5.41. The molecular formula is C20H14FN3O2. The molecule has 6 heteroatoms. The lowest BCUT2D eigenvalue weighted by Crippen LogP contribution is -2.19. The first kappa shape index (κ1) is 17.1. The van der Waals surface area contributed by atoms with E-state index in [-0.39, 0.29) is 11.1 Å². The Morgan fingerprint density at radius 2 is 1.96 bits per heavy atom. The van der Waals surface area contributed by atoms with E-state index in [1.54, 1.807) is 7.11 Å². The number of hydrogen-bond donors (Lipinski definition) is 1. The highest BCUT2D eigenvalue weighted by Crippen LogP contribution is 2.27. The summed E-state index contributed by atoms with van der Waals surface area (Å²) in [5.74, 6) is -0.728. The lowest BCUT2D eigenvalue weighted by molar-refractivity contribution is 0.0951. The van der Waals surface area contributed by atoms with E-state index in [1.807, 2.05) is 42.5 Å². The van der Waals surface area contributed by atoms with E-state index in [0.29, 0.717) is 0 Å². The van der Waals surface area contributed by atoms with Crippen LogP contribution in [0.15, 0.2) is 59.7 Å². The van der Waals surface area contributed by atoms with Gasteiger partial charge in [0.15, 0.2) is 0 Å². The molecule has 0 atom stereocenters. The van der Waals surface area contributed by atoms with Crippen LogP contribution in [0, 0.1) is 17.1 Å². The molecule has 0 aliphatic heterocycles. The van der Waals surface area contributed by atoms with Crippen molar-refractivity contribution in [1.29, 1.82) is 5.26 Å². The van der Waals surface area contributed by atoms with Gasteiger partial charge in [0.1, 0.15) is 11.6 Å². The lowest BCUT2D eigenvalue weighted by Gasteiger charge is -2.07. The number of halogens is 1. The van der Waals surface area contributed by atoms with Crippen molar-refractivity contribution in [2.75, 3.05) is 7.11 Å². The fourth-order valence-corrected chi connectivity index (χ4v) is 2.57. The number of carbonyl (C=O) groups excluding carboxylic acids is 1. The van der Waals surface area contributed by atoms with E-state index in [0.717, 1.165) is 28.2 Å². The molecule has 0 unspecified atom stereocenters.